The van der Waals surface area contributed by atoms with Gasteiger partial charge >= 0.3 is 0 Å². The largest absolute Gasteiger partial charge is 0.352 e. The van der Waals surface area contributed by atoms with Crippen LogP contribution in [0, 0.1) is 0 Å². The summed E-state index contributed by atoms with van der Waals surface area (Å²) in [7, 11) is 0. The standard InChI is InChI=1S/C19H30N2O.ClH/c1-19(2,3)16-10-8-15(9-11-16)6-4-5-7-18(22)21-17-12-13-20-14-17;/h8-11,17,20H,4-7,12-14H2,1-3H3,(H,21,22);1H. The molecule has 1 aliphatic heterocycles. The number of benzene rings is 1. The monoisotopic (exact) mass is 338 g/mol. The zero-order chi connectivity index (χ0) is 16.0. The van der Waals surface area contributed by atoms with Crippen molar-refractivity contribution in [2.24, 2.45) is 0 Å². The van der Waals surface area contributed by atoms with Gasteiger partial charge in [0.2, 0.25) is 5.91 Å². The molecular formula is C19H31ClN2O. The van der Waals surface area contributed by atoms with Crippen LogP contribution in [0.5, 0.6) is 0 Å². The highest BCUT2D eigenvalue weighted by Gasteiger charge is 2.16. The van der Waals surface area contributed by atoms with Gasteiger partial charge in [0, 0.05) is 19.0 Å². The van der Waals surface area contributed by atoms with Crippen LogP contribution < -0.4 is 10.6 Å². The third-order valence-electron chi connectivity index (χ3n) is 4.36. The van der Waals surface area contributed by atoms with E-state index in [1.165, 1.54) is 11.1 Å². The van der Waals surface area contributed by atoms with E-state index in [9.17, 15) is 4.79 Å². The lowest BCUT2D eigenvalue weighted by molar-refractivity contribution is -0.121. The van der Waals surface area contributed by atoms with Gasteiger partial charge in [0.25, 0.3) is 0 Å². The molecular weight excluding hydrogens is 308 g/mol. The van der Waals surface area contributed by atoms with Crippen LogP contribution in [-0.4, -0.2) is 25.0 Å². The second-order valence-corrected chi connectivity index (χ2v) is 7.41. The number of aryl methyl sites for hydroxylation is 1. The lowest BCUT2D eigenvalue weighted by Gasteiger charge is -2.19. The van der Waals surface area contributed by atoms with Crippen molar-refractivity contribution in [1.82, 2.24) is 10.6 Å². The molecule has 1 atom stereocenters. The minimum Gasteiger partial charge on any atom is -0.352 e. The first kappa shape index (κ1) is 20.0. The molecule has 2 N–H and O–H groups in total. The van der Waals surface area contributed by atoms with Crippen molar-refractivity contribution in [2.45, 2.75) is 64.3 Å². The molecule has 0 aromatic heterocycles. The molecule has 0 saturated carbocycles. The summed E-state index contributed by atoms with van der Waals surface area (Å²) in [5.74, 6) is 0.205. The number of nitrogens with one attached hydrogen (secondary N) is 2. The van der Waals surface area contributed by atoms with Crippen molar-refractivity contribution in [3.8, 4) is 0 Å². The highest BCUT2D eigenvalue weighted by atomic mass is 35.5. The third kappa shape index (κ3) is 6.92. The summed E-state index contributed by atoms with van der Waals surface area (Å²) < 4.78 is 0. The van der Waals surface area contributed by atoms with Crippen LogP contribution in [-0.2, 0) is 16.6 Å². The van der Waals surface area contributed by atoms with E-state index in [4.69, 9.17) is 0 Å². The van der Waals surface area contributed by atoms with E-state index in [2.05, 4.69) is 55.7 Å². The molecule has 3 nitrogen and oxygen atoms in total. The molecule has 0 spiro atoms. The number of halogens is 1. The van der Waals surface area contributed by atoms with Crippen LogP contribution in [0.25, 0.3) is 0 Å². The van der Waals surface area contributed by atoms with Gasteiger partial charge in [-0.15, -0.1) is 12.4 Å². The molecule has 1 aromatic carbocycles. The third-order valence-corrected chi connectivity index (χ3v) is 4.36. The topological polar surface area (TPSA) is 41.1 Å². The maximum absolute atomic E-state index is 11.8. The molecule has 1 saturated heterocycles. The van der Waals surface area contributed by atoms with Gasteiger partial charge in [-0.1, -0.05) is 45.0 Å². The second kappa shape index (κ2) is 9.29. The minimum absolute atomic E-state index is 0. The second-order valence-electron chi connectivity index (χ2n) is 7.41. The number of carbonyl (C=O) groups is 1. The number of amides is 1. The van der Waals surface area contributed by atoms with E-state index in [0.29, 0.717) is 12.5 Å². The van der Waals surface area contributed by atoms with Gasteiger partial charge in [0.05, 0.1) is 0 Å². The van der Waals surface area contributed by atoms with Crippen molar-refractivity contribution >= 4 is 18.3 Å². The van der Waals surface area contributed by atoms with Crippen LogP contribution in [0.15, 0.2) is 24.3 Å². The molecule has 1 fully saturated rings. The van der Waals surface area contributed by atoms with E-state index >= 15 is 0 Å². The van der Waals surface area contributed by atoms with E-state index in [1.807, 2.05) is 0 Å². The zero-order valence-corrected chi connectivity index (χ0v) is 15.5. The fourth-order valence-electron chi connectivity index (χ4n) is 2.86. The van der Waals surface area contributed by atoms with Crippen molar-refractivity contribution in [2.75, 3.05) is 13.1 Å². The molecule has 0 radical (unpaired) electrons. The number of carbonyl (C=O) groups excluding carboxylic acids is 1. The average Bonchev–Trinajstić information content (AvgIpc) is 2.96. The molecule has 23 heavy (non-hydrogen) atoms. The van der Waals surface area contributed by atoms with E-state index in [1.54, 1.807) is 0 Å². The first-order chi connectivity index (χ1) is 10.4. The van der Waals surface area contributed by atoms with E-state index in [-0.39, 0.29) is 23.7 Å². The van der Waals surface area contributed by atoms with Crippen molar-refractivity contribution in [1.29, 1.82) is 0 Å². The fourth-order valence-corrected chi connectivity index (χ4v) is 2.86. The summed E-state index contributed by atoms with van der Waals surface area (Å²) in [6.45, 7) is 8.66. The Hall–Kier alpha value is -1.06. The average molecular weight is 339 g/mol. The van der Waals surface area contributed by atoms with Crippen LogP contribution in [0.1, 0.15) is 57.6 Å². The van der Waals surface area contributed by atoms with E-state index < -0.39 is 0 Å². The quantitative estimate of drug-likeness (QED) is 0.778. The van der Waals surface area contributed by atoms with Gasteiger partial charge in [0.15, 0.2) is 0 Å². The normalized spacial score (nSPS) is 17.6. The molecule has 130 valence electrons. The summed E-state index contributed by atoms with van der Waals surface area (Å²) in [5, 5.41) is 6.37. The van der Waals surface area contributed by atoms with Crippen LogP contribution in [0.2, 0.25) is 0 Å². The van der Waals surface area contributed by atoms with Gasteiger partial charge in [-0.05, 0) is 48.8 Å². The Morgan fingerprint density at radius 3 is 2.48 bits per heavy atom. The smallest absolute Gasteiger partial charge is 0.220 e. The number of hydrogen-bond donors (Lipinski definition) is 2. The number of hydrogen-bond acceptors (Lipinski definition) is 2. The summed E-state index contributed by atoms with van der Waals surface area (Å²) in [6, 6.07) is 9.26. The Labute approximate surface area is 147 Å². The van der Waals surface area contributed by atoms with Gasteiger partial charge in [-0.25, -0.2) is 0 Å². The van der Waals surface area contributed by atoms with Crippen molar-refractivity contribution in [3.05, 3.63) is 35.4 Å². The molecule has 1 heterocycles. The van der Waals surface area contributed by atoms with Gasteiger partial charge < -0.3 is 10.6 Å². The minimum atomic E-state index is 0. The van der Waals surface area contributed by atoms with Crippen LogP contribution in [0.3, 0.4) is 0 Å². The van der Waals surface area contributed by atoms with Crippen LogP contribution in [0.4, 0.5) is 0 Å². The van der Waals surface area contributed by atoms with Gasteiger partial charge in [-0.3, -0.25) is 4.79 Å². The highest BCUT2D eigenvalue weighted by Crippen LogP contribution is 2.22. The molecule has 1 unspecified atom stereocenters. The maximum Gasteiger partial charge on any atom is 0.220 e. The van der Waals surface area contributed by atoms with Gasteiger partial charge in [0.1, 0.15) is 0 Å². The van der Waals surface area contributed by atoms with Crippen molar-refractivity contribution in [3.63, 3.8) is 0 Å². The predicted molar refractivity (Wildman–Crippen MR) is 99.4 cm³/mol. The summed E-state index contributed by atoms with van der Waals surface area (Å²) >= 11 is 0. The highest BCUT2D eigenvalue weighted by molar-refractivity contribution is 5.85. The number of unbranched alkanes of at least 4 members (excludes halogenated alkanes) is 1. The molecule has 2 rings (SSSR count). The first-order valence-electron chi connectivity index (χ1n) is 8.54. The SMILES string of the molecule is CC(C)(C)c1ccc(CCCCC(=O)NC2CCNC2)cc1.Cl. The molecule has 4 heteroatoms. The zero-order valence-electron chi connectivity index (χ0n) is 14.7. The Bertz CT molecular complexity index is 473. The van der Waals surface area contributed by atoms with Crippen LogP contribution >= 0.6 is 12.4 Å². The lowest BCUT2D eigenvalue weighted by atomic mass is 9.86. The summed E-state index contributed by atoms with van der Waals surface area (Å²) in [4.78, 5) is 11.8. The molecule has 1 aromatic rings. The summed E-state index contributed by atoms with van der Waals surface area (Å²) in [5.41, 5.74) is 2.96. The molecule has 0 bridgehead atoms. The number of rotatable bonds is 6. The fraction of sp³-hybridized carbons (Fsp3) is 0.632. The Kier molecular flexibility index (Phi) is 8.07. The Morgan fingerprint density at radius 1 is 1.22 bits per heavy atom. The maximum atomic E-state index is 11.8. The predicted octanol–water partition coefficient (Wildman–Crippen LogP) is 3.60. The Morgan fingerprint density at radius 2 is 1.91 bits per heavy atom. The molecule has 1 aliphatic rings. The lowest BCUT2D eigenvalue weighted by Crippen LogP contribution is -2.36. The van der Waals surface area contributed by atoms with E-state index in [0.717, 1.165) is 38.8 Å². The van der Waals surface area contributed by atoms with Gasteiger partial charge in [-0.2, -0.15) is 0 Å². The molecule has 1 amide bonds. The summed E-state index contributed by atoms with van der Waals surface area (Å²) in [6.07, 6.45) is 4.81. The molecule has 0 aliphatic carbocycles. The first-order valence-corrected chi connectivity index (χ1v) is 8.54. The Balaban J connectivity index is 0.00000264. The van der Waals surface area contributed by atoms with Crippen molar-refractivity contribution < 1.29 is 4.79 Å².